The van der Waals surface area contributed by atoms with E-state index in [2.05, 4.69) is 15.0 Å². The minimum Gasteiger partial charge on any atom is -0.363 e. The van der Waals surface area contributed by atoms with Gasteiger partial charge in [0.2, 0.25) is 0 Å². The predicted octanol–water partition coefficient (Wildman–Crippen LogP) is 2.49. The molecule has 18 heavy (non-hydrogen) atoms. The van der Waals surface area contributed by atoms with Crippen LogP contribution in [0.1, 0.15) is 10.4 Å². The van der Waals surface area contributed by atoms with Crippen molar-refractivity contribution in [2.75, 3.05) is 5.32 Å². The second-order valence-electron chi connectivity index (χ2n) is 3.29. The fourth-order valence-corrected chi connectivity index (χ4v) is 1.53. The number of anilines is 1. The van der Waals surface area contributed by atoms with Crippen molar-refractivity contribution in [3.05, 3.63) is 51.4 Å². The number of aromatic nitrogens is 1. The number of nitro benzene ring substituents is 1. The average molecular weight is 268 g/mol. The Kier molecular flexibility index (Phi) is 3.24. The number of nitro groups is 1. The lowest BCUT2D eigenvalue weighted by Gasteiger charge is -2.03. The number of benzene rings is 1. The van der Waals surface area contributed by atoms with Crippen molar-refractivity contribution in [2.24, 2.45) is 0 Å². The molecule has 2 aromatic rings. The Bertz CT molecular complexity index is 597. The molecule has 0 aliphatic rings. The SMILES string of the molecule is O=C(Nc1cnoc1)c1ccc([N+](=O)[O-])cc1Cl. The summed E-state index contributed by atoms with van der Waals surface area (Å²) in [6.07, 6.45) is 2.56. The predicted molar refractivity (Wildman–Crippen MR) is 62.6 cm³/mol. The maximum Gasteiger partial charge on any atom is 0.270 e. The zero-order chi connectivity index (χ0) is 13.1. The molecule has 2 rings (SSSR count). The van der Waals surface area contributed by atoms with Gasteiger partial charge in [-0.05, 0) is 6.07 Å². The molecule has 8 heteroatoms. The van der Waals surface area contributed by atoms with Crippen LogP contribution in [-0.2, 0) is 0 Å². The van der Waals surface area contributed by atoms with E-state index in [0.717, 1.165) is 6.07 Å². The fraction of sp³-hybridized carbons (Fsp3) is 0. The number of halogens is 1. The van der Waals surface area contributed by atoms with Crippen LogP contribution in [0.4, 0.5) is 11.4 Å². The summed E-state index contributed by atoms with van der Waals surface area (Å²) in [5.74, 6) is -0.502. The molecule has 0 radical (unpaired) electrons. The van der Waals surface area contributed by atoms with Crippen LogP contribution in [0.2, 0.25) is 5.02 Å². The molecule has 0 fully saturated rings. The maximum atomic E-state index is 11.8. The third-order valence-electron chi connectivity index (χ3n) is 2.10. The lowest BCUT2D eigenvalue weighted by Crippen LogP contribution is -2.12. The molecule has 0 saturated heterocycles. The first-order chi connectivity index (χ1) is 8.58. The Balaban J connectivity index is 2.23. The molecule has 1 heterocycles. The molecule has 0 spiro atoms. The maximum absolute atomic E-state index is 11.8. The first-order valence-electron chi connectivity index (χ1n) is 4.72. The van der Waals surface area contributed by atoms with Gasteiger partial charge < -0.3 is 9.84 Å². The van der Waals surface area contributed by atoms with Crippen molar-refractivity contribution < 1.29 is 14.2 Å². The van der Waals surface area contributed by atoms with Crippen LogP contribution >= 0.6 is 11.6 Å². The normalized spacial score (nSPS) is 10.1. The molecule has 0 bridgehead atoms. The van der Waals surface area contributed by atoms with Gasteiger partial charge in [-0.2, -0.15) is 0 Å². The summed E-state index contributed by atoms with van der Waals surface area (Å²) in [6.45, 7) is 0. The Morgan fingerprint density at radius 2 is 2.28 bits per heavy atom. The van der Waals surface area contributed by atoms with E-state index in [0.29, 0.717) is 5.69 Å². The van der Waals surface area contributed by atoms with Gasteiger partial charge in [0.1, 0.15) is 12.0 Å². The van der Waals surface area contributed by atoms with E-state index in [4.69, 9.17) is 11.6 Å². The summed E-state index contributed by atoms with van der Waals surface area (Å²) < 4.78 is 4.55. The van der Waals surface area contributed by atoms with Gasteiger partial charge in [0, 0.05) is 12.1 Å². The second-order valence-corrected chi connectivity index (χ2v) is 3.70. The Morgan fingerprint density at radius 3 is 2.83 bits per heavy atom. The summed E-state index contributed by atoms with van der Waals surface area (Å²) in [6, 6.07) is 3.60. The Morgan fingerprint density at radius 1 is 1.50 bits per heavy atom. The van der Waals surface area contributed by atoms with Gasteiger partial charge in [0.05, 0.1) is 21.7 Å². The fourth-order valence-electron chi connectivity index (χ4n) is 1.27. The molecule has 0 aliphatic heterocycles. The van der Waals surface area contributed by atoms with Gasteiger partial charge in [-0.1, -0.05) is 16.8 Å². The zero-order valence-electron chi connectivity index (χ0n) is 8.79. The van der Waals surface area contributed by atoms with E-state index in [1.54, 1.807) is 0 Å². The highest BCUT2D eigenvalue weighted by Crippen LogP contribution is 2.23. The van der Waals surface area contributed by atoms with Gasteiger partial charge in [-0.25, -0.2) is 0 Å². The summed E-state index contributed by atoms with van der Waals surface area (Å²) in [7, 11) is 0. The zero-order valence-corrected chi connectivity index (χ0v) is 9.55. The highest BCUT2D eigenvalue weighted by atomic mass is 35.5. The van der Waals surface area contributed by atoms with Crippen LogP contribution in [0.15, 0.2) is 35.2 Å². The first-order valence-corrected chi connectivity index (χ1v) is 5.10. The van der Waals surface area contributed by atoms with Crippen LogP contribution < -0.4 is 5.32 Å². The number of nitrogens with one attached hydrogen (secondary N) is 1. The lowest BCUT2D eigenvalue weighted by atomic mass is 10.2. The third kappa shape index (κ3) is 2.46. The summed E-state index contributed by atoms with van der Waals surface area (Å²) in [5.41, 5.74) is 0.319. The number of rotatable bonds is 3. The Hall–Kier alpha value is -2.41. The number of hydrogen-bond acceptors (Lipinski definition) is 5. The molecule has 1 aromatic heterocycles. The van der Waals surface area contributed by atoms with Crippen molar-refractivity contribution in [1.82, 2.24) is 5.16 Å². The largest absolute Gasteiger partial charge is 0.363 e. The number of carbonyl (C=O) groups is 1. The topological polar surface area (TPSA) is 98.3 Å². The summed E-state index contributed by atoms with van der Waals surface area (Å²) in [4.78, 5) is 21.7. The van der Waals surface area contributed by atoms with Crippen molar-refractivity contribution in [3.63, 3.8) is 0 Å². The second kappa shape index (κ2) is 4.84. The van der Waals surface area contributed by atoms with E-state index >= 15 is 0 Å². The molecule has 0 saturated carbocycles. The Labute approximate surface area is 105 Å². The van der Waals surface area contributed by atoms with Crippen LogP contribution in [0.5, 0.6) is 0 Å². The molecule has 0 atom stereocenters. The standard InChI is InChI=1S/C10H6ClN3O4/c11-9-3-7(14(16)17)1-2-8(9)10(15)13-6-4-12-18-5-6/h1-5H,(H,13,15). The van der Waals surface area contributed by atoms with E-state index in [-0.39, 0.29) is 16.3 Å². The van der Waals surface area contributed by atoms with Gasteiger partial charge >= 0.3 is 0 Å². The van der Waals surface area contributed by atoms with Gasteiger partial charge in [-0.15, -0.1) is 0 Å². The molecular weight excluding hydrogens is 262 g/mol. The average Bonchev–Trinajstić information content (AvgIpc) is 2.81. The quantitative estimate of drug-likeness (QED) is 0.680. The van der Waals surface area contributed by atoms with Crippen LogP contribution in [0.3, 0.4) is 0 Å². The highest BCUT2D eigenvalue weighted by molar-refractivity contribution is 6.34. The number of carbonyl (C=O) groups excluding carboxylic acids is 1. The van der Waals surface area contributed by atoms with Crippen LogP contribution in [0, 0.1) is 10.1 Å². The number of non-ortho nitro benzene ring substituents is 1. The van der Waals surface area contributed by atoms with Crippen molar-refractivity contribution >= 4 is 28.9 Å². The monoisotopic (exact) mass is 267 g/mol. The number of nitrogens with zero attached hydrogens (tertiary/aromatic N) is 2. The molecule has 1 N–H and O–H groups in total. The van der Waals surface area contributed by atoms with Gasteiger partial charge in [0.25, 0.3) is 11.6 Å². The molecule has 0 unspecified atom stereocenters. The van der Waals surface area contributed by atoms with E-state index in [1.165, 1.54) is 24.6 Å². The van der Waals surface area contributed by atoms with Gasteiger partial charge in [0.15, 0.2) is 0 Å². The van der Waals surface area contributed by atoms with E-state index < -0.39 is 10.8 Å². The molecule has 0 aliphatic carbocycles. The summed E-state index contributed by atoms with van der Waals surface area (Å²) >= 11 is 5.80. The highest BCUT2D eigenvalue weighted by Gasteiger charge is 2.15. The molecule has 92 valence electrons. The van der Waals surface area contributed by atoms with Crippen LogP contribution in [0.25, 0.3) is 0 Å². The van der Waals surface area contributed by atoms with Crippen molar-refractivity contribution in [2.45, 2.75) is 0 Å². The number of amides is 1. The van der Waals surface area contributed by atoms with Crippen molar-refractivity contribution in [1.29, 1.82) is 0 Å². The van der Waals surface area contributed by atoms with Crippen LogP contribution in [-0.4, -0.2) is 16.0 Å². The minimum atomic E-state index is -0.590. The molecule has 1 aromatic carbocycles. The lowest BCUT2D eigenvalue weighted by molar-refractivity contribution is -0.384. The molecular formula is C10H6ClN3O4. The van der Waals surface area contributed by atoms with Crippen molar-refractivity contribution in [3.8, 4) is 0 Å². The van der Waals surface area contributed by atoms with E-state index in [9.17, 15) is 14.9 Å². The molecule has 7 nitrogen and oxygen atoms in total. The van der Waals surface area contributed by atoms with E-state index in [1.807, 2.05) is 0 Å². The minimum absolute atomic E-state index is 0.00171. The van der Waals surface area contributed by atoms with Gasteiger partial charge in [-0.3, -0.25) is 14.9 Å². The number of hydrogen-bond donors (Lipinski definition) is 1. The smallest absolute Gasteiger partial charge is 0.270 e. The molecule has 1 amide bonds. The summed E-state index contributed by atoms with van der Waals surface area (Å²) in [5, 5.41) is 16.4. The first kappa shape index (κ1) is 12.1. The third-order valence-corrected chi connectivity index (χ3v) is 2.41.